The number of fused-ring (bicyclic) bond motifs is 7. The molecule has 0 unspecified atom stereocenters. The number of aliphatic hydroxyl groups excluding tert-OH is 11. The summed E-state index contributed by atoms with van der Waals surface area (Å²) in [6.07, 6.45) is -19.4. The first-order chi connectivity index (χ1) is 41.7. The molecular weight excluding hydrogens is 1160 g/mol. The number of unbranched alkanes of at least 4 members (excludes halogenated alkanes) is 1. The van der Waals surface area contributed by atoms with Crippen molar-refractivity contribution in [1.29, 1.82) is 0 Å². The quantitative estimate of drug-likeness (QED) is 0.0196. The smallest absolute Gasteiger partial charge is 0.338 e. The molecule has 23 nitrogen and oxygen atoms in total. The van der Waals surface area contributed by atoms with E-state index in [0.29, 0.717) is 64.2 Å². The lowest BCUT2D eigenvalue weighted by atomic mass is 9.32. The van der Waals surface area contributed by atoms with Crippen LogP contribution in [0.1, 0.15) is 161 Å². The van der Waals surface area contributed by atoms with Gasteiger partial charge in [0.15, 0.2) is 31.1 Å². The Balaban J connectivity index is 1.13. The van der Waals surface area contributed by atoms with E-state index in [1.165, 1.54) is 6.08 Å². The van der Waals surface area contributed by atoms with Crippen LogP contribution in [-0.2, 0) is 57.0 Å². The highest BCUT2D eigenvalue weighted by molar-refractivity contribution is 5.83. The second-order valence-electron chi connectivity index (χ2n) is 29.4. The van der Waals surface area contributed by atoms with E-state index in [0.717, 1.165) is 23.1 Å². The van der Waals surface area contributed by atoms with E-state index in [2.05, 4.69) is 39.8 Å². The molecule has 4 saturated carbocycles. The van der Waals surface area contributed by atoms with E-state index in [-0.39, 0.29) is 18.4 Å². The van der Waals surface area contributed by atoms with Crippen LogP contribution in [-0.4, -0.2) is 217 Å². The van der Waals surface area contributed by atoms with Gasteiger partial charge in [-0.2, -0.15) is 0 Å². The number of allylic oxidation sites excluding steroid dienone is 4. The first-order valence-electron chi connectivity index (χ1n) is 32.5. The highest BCUT2D eigenvalue weighted by Crippen LogP contribution is 2.76. The lowest BCUT2D eigenvalue weighted by Crippen LogP contribution is -2.76. The lowest BCUT2D eigenvalue weighted by molar-refractivity contribution is -0.383. The van der Waals surface area contributed by atoms with Crippen LogP contribution in [0.2, 0.25) is 0 Å². The van der Waals surface area contributed by atoms with Gasteiger partial charge in [-0.15, -0.1) is 0 Å². The molecule has 8 aliphatic rings. The van der Waals surface area contributed by atoms with Crippen molar-refractivity contribution in [3.63, 3.8) is 0 Å². The summed E-state index contributed by atoms with van der Waals surface area (Å²) in [4.78, 5) is 42.3. The number of hydrogen-bond acceptors (Lipinski definition) is 23. The summed E-state index contributed by atoms with van der Waals surface area (Å²) < 4.78 is 55.8. The minimum absolute atomic E-state index is 0.0493. The van der Waals surface area contributed by atoms with Crippen molar-refractivity contribution in [3.05, 3.63) is 34.9 Å². The molecule has 0 aromatic rings. The summed E-state index contributed by atoms with van der Waals surface area (Å²) >= 11 is 0. The fourth-order valence-electron chi connectivity index (χ4n) is 17.4. The van der Waals surface area contributed by atoms with Gasteiger partial charge in [0.1, 0.15) is 67.1 Å². The molecule has 5 aliphatic carbocycles. The summed E-state index contributed by atoms with van der Waals surface area (Å²) in [5, 5.41) is 125. The predicted octanol–water partition coefficient (Wildman–Crippen LogP) is 3.33. The van der Waals surface area contributed by atoms with Crippen LogP contribution in [0, 0.1) is 56.2 Å². The van der Waals surface area contributed by atoms with E-state index >= 15 is 0 Å². The zero-order valence-corrected chi connectivity index (χ0v) is 54.4. The Morgan fingerprint density at radius 1 is 0.708 bits per heavy atom. The second kappa shape index (κ2) is 27.7. The maximum absolute atomic E-state index is 14.2. The van der Waals surface area contributed by atoms with Gasteiger partial charge in [0, 0.05) is 16.9 Å². The van der Waals surface area contributed by atoms with Gasteiger partial charge in [-0.3, -0.25) is 4.79 Å². The summed E-state index contributed by atoms with van der Waals surface area (Å²) in [6, 6.07) is 0. The van der Waals surface area contributed by atoms with Gasteiger partial charge in [-0.1, -0.05) is 105 Å². The number of rotatable bonds is 21. The van der Waals surface area contributed by atoms with Crippen molar-refractivity contribution in [2.75, 3.05) is 26.4 Å². The van der Waals surface area contributed by atoms with Gasteiger partial charge in [0.25, 0.3) is 0 Å². The SMILES string of the molecule is CCCCOC(=O)[C@H]1O[C@@H](O[C@H]2CC[C@]3(C)[C@H]4CC=C5[C@@H]6CC(C)(C)[C@@H](OC(=O)/C=C(\C)CCC=C(C)C)[C@H](OC(=O)[C@@H](C)CC)[C@]6(CO)[C@H](O)[C@H](O)[C@@]5(C)[C@]4(C)CC[C@H]3C2(C)C)[C@H](O[C@@H]2O[C@H](CO)[C@@H](O)[C@H](O)[C@H]2O)[C@@H](O)[C@@H]1O[C@@H]1O[C@@H](CO)[C@H](O)[C@H]1O. The van der Waals surface area contributed by atoms with Gasteiger partial charge in [-0.05, 0) is 119 Å². The summed E-state index contributed by atoms with van der Waals surface area (Å²) in [7, 11) is 0. The molecule has 8 rings (SSSR count). The Morgan fingerprint density at radius 2 is 1.33 bits per heavy atom. The standard InChI is InChI=1S/C66H106O23/c1-14-16-26-81-57(80)51-49(86-58-46(74)44(72)38(30-68)83-58)48(76)50(87-59-47(75)45(73)43(71)37(29-67)82-59)60(88-51)84-41-23-24-63(11)39(62(41,9)10)22-25-64(12)40(63)21-20-35-36-28-61(7,8)54(85-42(70)27-33(5)19-17-18-32(3)4)55(89-56(79)34(6)15-2)66(36,31-69)53(78)52(77)65(35,64)13/h18,20,27,34,36-41,43-55,58-60,67-69,71-78H,14-17,19,21-26,28-31H2,1-13H3/b33-27+/t34-,36-,37+,38-,39-,40+,41-,43+,44-,45-,46+,47+,48-,49-,50+,51-,52-,53+,54-,55-,58-,59-,60+,63-,64+,65-,66-/m0/s1. The Hall–Kier alpha value is -3.05. The number of carbonyl (C=O) groups is 3. The summed E-state index contributed by atoms with van der Waals surface area (Å²) in [6.45, 7) is 23.5. The van der Waals surface area contributed by atoms with E-state index < -0.39 is 199 Å². The number of aliphatic hydroxyl groups is 11. The van der Waals surface area contributed by atoms with Crippen molar-refractivity contribution < 1.29 is 113 Å². The first-order valence-corrected chi connectivity index (χ1v) is 32.5. The zero-order valence-electron chi connectivity index (χ0n) is 54.4. The molecule has 7 fully saturated rings. The van der Waals surface area contributed by atoms with Gasteiger partial charge >= 0.3 is 17.9 Å². The number of carbonyl (C=O) groups excluding carboxylic acids is 3. The topological polar surface area (TPSA) is 357 Å². The molecule has 11 N–H and O–H groups in total. The highest BCUT2D eigenvalue weighted by Gasteiger charge is 2.76. The van der Waals surface area contributed by atoms with Crippen molar-refractivity contribution in [1.82, 2.24) is 0 Å². The van der Waals surface area contributed by atoms with Crippen LogP contribution in [0.4, 0.5) is 0 Å². The Morgan fingerprint density at radius 3 is 1.92 bits per heavy atom. The van der Waals surface area contributed by atoms with Crippen LogP contribution >= 0.6 is 0 Å². The fourth-order valence-corrected chi connectivity index (χ4v) is 17.4. The van der Waals surface area contributed by atoms with E-state index in [1.807, 2.05) is 55.4 Å². The Kier molecular flexibility index (Phi) is 22.4. The maximum Gasteiger partial charge on any atom is 0.338 e. The van der Waals surface area contributed by atoms with Gasteiger partial charge in [0.2, 0.25) is 0 Å². The Bertz CT molecular complexity index is 2570. The molecule has 0 aromatic carbocycles. The van der Waals surface area contributed by atoms with Crippen LogP contribution in [0.25, 0.3) is 0 Å². The van der Waals surface area contributed by atoms with Crippen molar-refractivity contribution in [3.8, 4) is 0 Å². The average Bonchev–Trinajstić information content (AvgIpc) is 0.901. The molecule has 0 bridgehead atoms. The Labute approximate surface area is 524 Å². The number of hydrogen-bond donors (Lipinski definition) is 11. The molecule has 27 atom stereocenters. The molecule has 0 aromatic heterocycles. The molecule has 0 amide bonds. The largest absolute Gasteiger partial charge is 0.464 e. The van der Waals surface area contributed by atoms with Gasteiger partial charge < -0.3 is 98.8 Å². The van der Waals surface area contributed by atoms with Crippen molar-refractivity contribution >= 4 is 17.9 Å². The van der Waals surface area contributed by atoms with Crippen LogP contribution in [0.3, 0.4) is 0 Å². The molecule has 508 valence electrons. The van der Waals surface area contributed by atoms with Crippen LogP contribution in [0.15, 0.2) is 34.9 Å². The molecular formula is C66H106O23. The summed E-state index contributed by atoms with van der Waals surface area (Å²) in [5.41, 5.74) is -2.87. The first kappa shape index (κ1) is 71.8. The number of ether oxygens (including phenoxy) is 9. The third-order valence-electron chi connectivity index (χ3n) is 23.1. The highest BCUT2D eigenvalue weighted by atomic mass is 16.8. The normalized spacial score (nSPS) is 45.3. The van der Waals surface area contributed by atoms with Crippen molar-refractivity contribution in [2.24, 2.45) is 56.2 Å². The molecule has 89 heavy (non-hydrogen) atoms. The molecule has 23 heteroatoms. The number of esters is 3. The monoisotopic (exact) mass is 1270 g/mol. The van der Waals surface area contributed by atoms with E-state index in [4.69, 9.17) is 42.6 Å². The summed E-state index contributed by atoms with van der Waals surface area (Å²) in [5.74, 6) is -3.69. The molecule has 3 aliphatic heterocycles. The van der Waals surface area contributed by atoms with E-state index in [1.54, 1.807) is 6.92 Å². The predicted molar refractivity (Wildman–Crippen MR) is 318 cm³/mol. The molecule has 3 heterocycles. The zero-order chi connectivity index (χ0) is 65.8. The fraction of sp³-hybridized carbons (Fsp3) is 0.864. The third kappa shape index (κ3) is 12.8. The minimum atomic E-state index is -1.99. The average molecular weight is 1270 g/mol. The van der Waals surface area contributed by atoms with Crippen molar-refractivity contribution in [2.45, 2.75) is 277 Å². The van der Waals surface area contributed by atoms with Gasteiger partial charge in [-0.25, -0.2) is 9.59 Å². The maximum atomic E-state index is 14.2. The second-order valence-corrected chi connectivity index (χ2v) is 29.4. The lowest BCUT2D eigenvalue weighted by Gasteiger charge is -2.73. The van der Waals surface area contributed by atoms with Crippen LogP contribution < -0.4 is 0 Å². The third-order valence-corrected chi connectivity index (χ3v) is 23.1. The minimum Gasteiger partial charge on any atom is -0.464 e. The molecule has 0 spiro atoms. The van der Waals surface area contributed by atoms with Gasteiger partial charge in [0.05, 0.1) is 56.1 Å². The van der Waals surface area contributed by atoms with E-state index in [9.17, 15) is 70.6 Å². The molecule has 3 saturated heterocycles. The van der Waals surface area contributed by atoms with Crippen LogP contribution in [0.5, 0.6) is 0 Å². The molecule has 0 radical (unpaired) electrons.